The summed E-state index contributed by atoms with van der Waals surface area (Å²) in [5.41, 5.74) is 1.94. The van der Waals surface area contributed by atoms with Crippen LogP contribution in [0.15, 0.2) is 24.3 Å². The van der Waals surface area contributed by atoms with Crippen molar-refractivity contribution in [2.45, 2.75) is 19.5 Å². The molecule has 1 aromatic rings. The van der Waals surface area contributed by atoms with Crippen molar-refractivity contribution in [3.63, 3.8) is 0 Å². The monoisotopic (exact) mass is 216 g/mol. The van der Waals surface area contributed by atoms with E-state index in [0.717, 1.165) is 31.9 Å². The molecule has 0 amide bonds. The van der Waals surface area contributed by atoms with Gasteiger partial charge in [-0.1, -0.05) is 12.1 Å². The third-order valence-corrected chi connectivity index (χ3v) is 2.95. The van der Waals surface area contributed by atoms with Crippen LogP contribution in [0.5, 0.6) is 0 Å². The highest BCUT2D eigenvalue weighted by Crippen LogP contribution is 2.13. The second kappa shape index (κ2) is 5.11. The largest absolute Gasteiger partial charge is 0.379 e. The Morgan fingerprint density at radius 3 is 3.19 bits per heavy atom. The summed E-state index contributed by atoms with van der Waals surface area (Å²) in [5.74, 6) is 0. The van der Waals surface area contributed by atoms with E-state index >= 15 is 0 Å². The lowest BCUT2D eigenvalue weighted by Crippen LogP contribution is -2.42. The van der Waals surface area contributed by atoms with Gasteiger partial charge in [-0.05, 0) is 24.6 Å². The van der Waals surface area contributed by atoms with Gasteiger partial charge in [-0.15, -0.1) is 0 Å². The predicted molar refractivity (Wildman–Crippen MR) is 61.8 cm³/mol. The first-order valence-electron chi connectivity index (χ1n) is 5.60. The molecule has 84 valence electrons. The number of hydrogen-bond donors (Lipinski definition) is 0. The van der Waals surface area contributed by atoms with Gasteiger partial charge in [0.05, 0.1) is 24.8 Å². The average molecular weight is 216 g/mol. The van der Waals surface area contributed by atoms with Crippen molar-refractivity contribution in [3.05, 3.63) is 35.4 Å². The number of benzene rings is 1. The molecule has 0 saturated carbocycles. The molecule has 1 aromatic carbocycles. The number of morpholine rings is 1. The Hall–Kier alpha value is -1.37. The number of rotatable bonds is 2. The lowest BCUT2D eigenvalue weighted by atomic mass is 10.1. The molecule has 1 aliphatic heterocycles. The van der Waals surface area contributed by atoms with Gasteiger partial charge in [-0.25, -0.2) is 0 Å². The highest BCUT2D eigenvalue weighted by Gasteiger charge is 2.18. The van der Waals surface area contributed by atoms with Gasteiger partial charge in [0.2, 0.25) is 0 Å². The molecule has 0 N–H and O–H groups in total. The Kier molecular flexibility index (Phi) is 3.55. The molecule has 1 fully saturated rings. The molecule has 2 rings (SSSR count). The second-order valence-corrected chi connectivity index (χ2v) is 4.21. The second-order valence-electron chi connectivity index (χ2n) is 4.21. The van der Waals surface area contributed by atoms with Gasteiger partial charge < -0.3 is 4.74 Å². The van der Waals surface area contributed by atoms with Crippen LogP contribution in [0.4, 0.5) is 0 Å². The third kappa shape index (κ3) is 2.60. The Labute approximate surface area is 96.2 Å². The van der Waals surface area contributed by atoms with Crippen molar-refractivity contribution < 1.29 is 4.74 Å². The molecule has 1 unspecified atom stereocenters. The van der Waals surface area contributed by atoms with Crippen LogP contribution in [0.25, 0.3) is 0 Å². The number of hydrogen-bond acceptors (Lipinski definition) is 3. The quantitative estimate of drug-likeness (QED) is 0.756. The zero-order valence-electron chi connectivity index (χ0n) is 9.52. The third-order valence-electron chi connectivity index (χ3n) is 2.95. The van der Waals surface area contributed by atoms with E-state index in [-0.39, 0.29) is 0 Å². The molecule has 0 aliphatic carbocycles. The van der Waals surface area contributed by atoms with Gasteiger partial charge >= 0.3 is 0 Å². The van der Waals surface area contributed by atoms with Crippen LogP contribution >= 0.6 is 0 Å². The smallest absolute Gasteiger partial charge is 0.0991 e. The van der Waals surface area contributed by atoms with Crippen LogP contribution in [-0.2, 0) is 11.3 Å². The van der Waals surface area contributed by atoms with Crippen LogP contribution in [0.2, 0.25) is 0 Å². The molecule has 1 aliphatic rings. The molecular weight excluding hydrogens is 200 g/mol. The SMILES string of the molecule is CC1COCCN1Cc1cccc(C#N)c1. The maximum atomic E-state index is 8.84. The minimum Gasteiger partial charge on any atom is -0.379 e. The summed E-state index contributed by atoms with van der Waals surface area (Å²) >= 11 is 0. The molecule has 16 heavy (non-hydrogen) atoms. The highest BCUT2D eigenvalue weighted by atomic mass is 16.5. The van der Waals surface area contributed by atoms with E-state index in [1.807, 2.05) is 18.2 Å². The fourth-order valence-corrected chi connectivity index (χ4v) is 1.97. The lowest BCUT2D eigenvalue weighted by molar-refractivity contribution is -0.00437. The van der Waals surface area contributed by atoms with E-state index in [2.05, 4.69) is 24.0 Å². The van der Waals surface area contributed by atoms with Crippen LogP contribution in [0.3, 0.4) is 0 Å². The molecule has 3 nitrogen and oxygen atoms in total. The van der Waals surface area contributed by atoms with E-state index in [1.165, 1.54) is 5.56 Å². The van der Waals surface area contributed by atoms with E-state index in [0.29, 0.717) is 6.04 Å². The fraction of sp³-hybridized carbons (Fsp3) is 0.462. The van der Waals surface area contributed by atoms with Crippen molar-refractivity contribution >= 4 is 0 Å². The summed E-state index contributed by atoms with van der Waals surface area (Å²) in [6, 6.07) is 10.4. The summed E-state index contributed by atoms with van der Waals surface area (Å²) in [4.78, 5) is 2.39. The molecule has 0 spiro atoms. The van der Waals surface area contributed by atoms with Gasteiger partial charge in [-0.3, -0.25) is 4.90 Å². The molecule has 0 radical (unpaired) electrons. The molecule has 0 bridgehead atoms. The maximum absolute atomic E-state index is 8.84. The van der Waals surface area contributed by atoms with Crippen LogP contribution in [-0.4, -0.2) is 30.7 Å². The number of nitrogens with zero attached hydrogens (tertiary/aromatic N) is 2. The number of ether oxygens (including phenoxy) is 1. The lowest BCUT2D eigenvalue weighted by Gasteiger charge is -2.33. The summed E-state index contributed by atoms with van der Waals surface area (Å²) in [5, 5.41) is 8.84. The average Bonchev–Trinajstić information content (AvgIpc) is 2.32. The first-order chi connectivity index (χ1) is 7.79. The van der Waals surface area contributed by atoms with Crippen molar-refractivity contribution in [2.75, 3.05) is 19.8 Å². The maximum Gasteiger partial charge on any atom is 0.0991 e. The Morgan fingerprint density at radius 2 is 2.44 bits per heavy atom. The Morgan fingerprint density at radius 1 is 1.56 bits per heavy atom. The summed E-state index contributed by atoms with van der Waals surface area (Å²) in [7, 11) is 0. The minimum atomic E-state index is 0.458. The van der Waals surface area contributed by atoms with Gasteiger partial charge in [0.1, 0.15) is 0 Å². The van der Waals surface area contributed by atoms with Gasteiger partial charge in [0.15, 0.2) is 0 Å². The standard InChI is InChI=1S/C13H16N2O/c1-11-10-16-6-5-15(11)9-13-4-2-3-12(7-13)8-14/h2-4,7,11H,5-6,9-10H2,1H3. The van der Waals surface area contributed by atoms with Crippen molar-refractivity contribution in [2.24, 2.45) is 0 Å². The van der Waals surface area contributed by atoms with Crippen molar-refractivity contribution in [1.29, 1.82) is 5.26 Å². The minimum absolute atomic E-state index is 0.458. The molecule has 1 saturated heterocycles. The van der Waals surface area contributed by atoms with E-state index < -0.39 is 0 Å². The molecule has 1 atom stereocenters. The first kappa shape index (κ1) is 11.1. The van der Waals surface area contributed by atoms with Crippen LogP contribution in [0.1, 0.15) is 18.1 Å². The first-order valence-corrected chi connectivity index (χ1v) is 5.60. The van der Waals surface area contributed by atoms with Gasteiger partial charge in [0.25, 0.3) is 0 Å². The summed E-state index contributed by atoms with van der Waals surface area (Å²) in [6.45, 7) is 5.66. The topological polar surface area (TPSA) is 36.3 Å². The highest BCUT2D eigenvalue weighted by molar-refractivity contribution is 5.32. The van der Waals surface area contributed by atoms with Crippen molar-refractivity contribution in [3.8, 4) is 6.07 Å². The van der Waals surface area contributed by atoms with Crippen LogP contribution < -0.4 is 0 Å². The molecule has 1 heterocycles. The van der Waals surface area contributed by atoms with Gasteiger partial charge in [-0.2, -0.15) is 5.26 Å². The zero-order chi connectivity index (χ0) is 11.4. The fourth-order valence-electron chi connectivity index (χ4n) is 1.97. The van der Waals surface area contributed by atoms with E-state index in [1.54, 1.807) is 0 Å². The Balaban J connectivity index is 2.05. The summed E-state index contributed by atoms with van der Waals surface area (Å²) in [6.07, 6.45) is 0. The Bertz CT molecular complexity index is 397. The normalized spacial score (nSPS) is 21.6. The summed E-state index contributed by atoms with van der Waals surface area (Å²) < 4.78 is 5.40. The molecular formula is C13H16N2O. The predicted octanol–water partition coefficient (Wildman–Crippen LogP) is 1.78. The molecule has 0 aromatic heterocycles. The molecule has 3 heteroatoms. The van der Waals surface area contributed by atoms with Crippen molar-refractivity contribution in [1.82, 2.24) is 4.90 Å². The van der Waals surface area contributed by atoms with Gasteiger partial charge in [0, 0.05) is 19.1 Å². The zero-order valence-corrected chi connectivity index (χ0v) is 9.52. The number of nitriles is 1. The van der Waals surface area contributed by atoms with E-state index in [9.17, 15) is 0 Å². The van der Waals surface area contributed by atoms with E-state index in [4.69, 9.17) is 10.00 Å². The van der Waals surface area contributed by atoms with Crippen LogP contribution in [0, 0.1) is 11.3 Å².